The van der Waals surface area contributed by atoms with Gasteiger partial charge in [0.05, 0.1) is 17.7 Å². The fraction of sp³-hybridized carbons (Fsp3) is 0.214. The van der Waals surface area contributed by atoms with Gasteiger partial charge in [0, 0.05) is 42.0 Å². The Morgan fingerprint density at radius 1 is 1.13 bits per heavy atom. The molecule has 11 heteroatoms. The third-order valence-electron chi connectivity index (χ3n) is 6.35. The van der Waals surface area contributed by atoms with E-state index in [2.05, 4.69) is 5.32 Å². The van der Waals surface area contributed by atoms with Gasteiger partial charge in [-0.2, -0.15) is 0 Å². The average Bonchev–Trinajstić information content (AvgIpc) is 3.30. The van der Waals surface area contributed by atoms with Gasteiger partial charge in [0.15, 0.2) is 5.17 Å². The van der Waals surface area contributed by atoms with E-state index >= 15 is 0 Å². The first-order chi connectivity index (χ1) is 18.9. The number of carbonyl (C=O) groups excluding carboxylic acids is 2. The van der Waals surface area contributed by atoms with Crippen molar-refractivity contribution in [3.63, 3.8) is 0 Å². The lowest BCUT2D eigenvalue weighted by Gasteiger charge is -2.25. The zero-order valence-electron chi connectivity index (χ0n) is 21.1. The number of methoxy groups -OCH3 is 1. The summed E-state index contributed by atoms with van der Waals surface area (Å²) < 4.78 is 5.33. The van der Waals surface area contributed by atoms with Crippen molar-refractivity contribution < 1.29 is 19.2 Å². The van der Waals surface area contributed by atoms with Crippen molar-refractivity contribution in [1.82, 2.24) is 10.2 Å². The molecule has 1 atom stereocenters. The number of amides is 2. The number of carbonyl (C=O) groups is 2. The molecule has 1 N–H and O–H groups in total. The van der Waals surface area contributed by atoms with Crippen molar-refractivity contribution in [2.45, 2.75) is 31.2 Å². The lowest BCUT2D eigenvalue weighted by atomic mass is 10.1. The number of para-hydroxylation sites is 2. The number of rotatable bonds is 9. The van der Waals surface area contributed by atoms with E-state index in [0.717, 1.165) is 16.7 Å². The Hall–Kier alpha value is -4.51. The Balaban J connectivity index is 1.28. The second-order valence-electron chi connectivity index (χ2n) is 8.90. The quantitative estimate of drug-likeness (QED) is 0.311. The molecule has 0 aliphatic carbocycles. The van der Waals surface area contributed by atoms with Crippen LogP contribution in [0.5, 0.6) is 5.75 Å². The minimum atomic E-state index is -0.716. The molecule has 2 amide bonds. The Morgan fingerprint density at radius 2 is 1.92 bits per heavy atom. The van der Waals surface area contributed by atoms with Crippen LogP contribution in [0.4, 0.5) is 11.4 Å². The molecule has 2 heterocycles. The molecule has 0 aromatic heterocycles. The second kappa shape index (κ2) is 11.5. The minimum absolute atomic E-state index is 0.00702. The lowest BCUT2D eigenvalue weighted by Crippen LogP contribution is -2.41. The molecule has 39 heavy (non-hydrogen) atoms. The van der Waals surface area contributed by atoms with Gasteiger partial charge in [-0.05, 0) is 30.2 Å². The van der Waals surface area contributed by atoms with Crippen molar-refractivity contribution in [1.29, 1.82) is 0 Å². The highest BCUT2D eigenvalue weighted by Crippen LogP contribution is 2.35. The summed E-state index contributed by atoms with van der Waals surface area (Å²) in [6.07, 6.45) is 0.382. The lowest BCUT2D eigenvalue weighted by molar-refractivity contribution is -0.384. The first kappa shape index (κ1) is 26.1. The van der Waals surface area contributed by atoms with E-state index in [1.807, 2.05) is 48.5 Å². The molecule has 0 fully saturated rings. The Bertz CT molecular complexity index is 1500. The third-order valence-corrected chi connectivity index (χ3v) is 7.36. The van der Waals surface area contributed by atoms with Gasteiger partial charge in [0.2, 0.25) is 5.91 Å². The smallest absolute Gasteiger partial charge is 0.269 e. The number of nitro groups is 1. The normalized spacial score (nSPS) is 15.7. The number of hydrogen-bond donors (Lipinski definition) is 1. The Labute approximate surface area is 228 Å². The van der Waals surface area contributed by atoms with Crippen LogP contribution in [0.15, 0.2) is 82.8 Å². The summed E-state index contributed by atoms with van der Waals surface area (Å²) in [7, 11) is 1.58. The molecule has 3 aromatic rings. The Kier molecular flexibility index (Phi) is 7.69. The van der Waals surface area contributed by atoms with Crippen molar-refractivity contribution >= 4 is 46.0 Å². The fourth-order valence-corrected chi connectivity index (χ4v) is 5.34. The van der Waals surface area contributed by atoms with E-state index in [-0.39, 0.29) is 30.3 Å². The number of ether oxygens (including phenoxy) is 1. The number of aliphatic imine (C=N–C) groups is 2. The fourth-order valence-electron chi connectivity index (χ4n) is 4.39. The van der Waals surface area contributed by atoms with Crippen LogP contribution >= 0.6 is 11.8 Å². The summed E-state index contributed by atoms with van der Waals surface area (Å²) in [5.41, 5.74) is 3.04. The standard InChI is InChI=1S/C28H25N5O5S/c1-38-24-12-5-2-8-19(24)16-29-25(34)14-13-23-27(35)32-26(30-23)21-10-3-4-11-22(21)31-28(32)39-17-18-7-6-9-20(15-18)33(36)37/h2-12,15,23H,13-14,16-17H2,1H3,(H,29,34)/t23-/m0/s1. The van der Waals surface area contributed by atoms with E-state index in [9.17, 15) is 19.7 Å². The highest BCUT2D eigenvalue weighted by Gasteiger charge is 2.41. The first-order valence-corrected chi connectivity index (χ1v) is 13.3. The number of non-ortho nitro benzene ring substituents is 1. The van der Waals surface area contributed by atoms with Gasteiger partial charge >= 0.3 is 0 Å². The van der Waals surface area contributed by atoms with Crippen molar-refractivity contribution in [3.8, 4) is 5.75 Å². The SMILES string of the molecule is COc1ccccc1CNC(=O)CC[C@@H]1N=C2c3ccccc3N=C(SCc3cccc([N+](=O)[O-])c3)N2C1=O. The summed E-state index contributed by atoms with van der Waals surface area (Å²) in [6.45, 7) is 0.320. The average molecular weight is 544 g/mol. The van der Waals surface area contributed by atoms with Crippen molar-refractivity contribution in [2.24, 2.45) is 9.98 Å². The number of nitrogens with one attached hydrogen (secondary N) is 1. The van der Waals surface area contributed by atoms with E-state index in [4.69, 9.17) is 14.7 Å². The minimum Gasteiger partial charge on any atom is -0.496 e. The maximum Gasteiger partial charge on any atom is 0.269 e. The Morgan fingerprint density at radius 3 is 2.74 bits per heavy atom. The van der Waals surface area contributed by atoms with Gasteiger partial charge in [-0.3, -0.25) is 24.7 Å². The van der Waals surface area contributed by atoms with Gasteiger partial charge in [0.1, 0.15) is 17.6 Å². The predicted molar refractivity (Wildman–Crippen MR) is 149 cm³/mol. The van der Waals surface area contributed by atoms with Gasteiger partial charge in [-0.15, -0.1) is 0 Å². The number of thioether (sulfide) groups is 1. The monoisotopic (exact) mass is 543 g/mol. The maximum atomic E-state index is 13.5. The molecule has 2 aliphatic heterocycles. The number of nitrogens with zero attached hydrogens (tertiary/aromatic N) is 4. The summed E-state index contributed by atoms with van der Waals surface area (Å²) in [6, 6.07) is 20.6. The summed E-state index contributed by atoms with van der Waals surface area (Å²) >= 11 is 1.31. The van der Waals surface area contributed by atoms with Gasteiger partial charge in [-0.25, -0.2) is 9.89 Å². The van der Waals surface area contributed by atoms with Gasteiger partial charge in [0.25, 0.3) is 11.6 Å². The molecule has 0 spiro atoms. The predicted octanol–water partition coefficient (Wildman–Crippen LogP) is 4.59. The van der Waals surface area contributed by atoms with Crippen LogP contribution in [-0.4, -0.2) is 45.8 Å². The number of amidine groups is 2. The van der Waals surface area contributed by atoms with Crippen LogP contribution in [0.3, 0.4) is 0 Å². The molecule has 3 aromatic carbocycles. The molecule has 0 saturated heterocycles. The van der Waals surface area contributed by atoms with E-state index in [1.165, 1.54) is 28.8 Å². The van der Waals surface area contributed by atoms with E-state index < -0.39 is 11.0 Å². The highest BCUT2D eigenvalue weighted by atomic mass is 32.2. The van der Waals surface area contributed by atoms with Crippen LogP contribution < -0.4 is 10.1 Å². The molecule has 0 saturated carbocycles. The highest BCUT2D eigenvalue weighted by molar-refractivity contribution is 8.13. The zero-order valence-corrected chi connectivity index (χ0v) is 21.9. The largest absolute Gasteiger partial charge is 0.496 e. The topological polar surface area (TPSA) is 126 Å². The molecular formula is C28H25N5O5S. The number of hydrogen-bond acceptors (Lipinski definition) is 8. The summed E-state index contributed by atoms with van der Waals surface area (Å²) in [4.78, 5) is 47.7. The van der Waals surface area contributed by atoms with Crippen LogP contribution in [0.1, 0.15) is 29.5 Å². The number of fused-ring (bicyclic) bond motifs is 3. The van der Waals surface area contributed by atoms with Crippen LogP contribution in [0, 0.1) is 10.1 Å². The van der Waals surface area contributed by atoms with Crippen molar-refractivity contribution in [2.75, 3.05) is 7.11 Å². The van der Waals surface area contributed by atoms with Crippen molar-refractivity contribution in [3.05, 3.63) is 99.6 Å². The summed E-state index contributed by atoms with van der Waals surface area (Å²) in [5.74, 6) is 1.15. The molecule has 5 rings (SSSR count). The van der Waals surface area contributed by atoms with Gasteiger partial charge in [-0.1, -0.05) is 54.2 Å². The first-order valence-electron chi connectivity index (χ1n) is 12.3. The molecule has 0 radical (unpaired) electrons. The second-order valence-corrected chi connectivity index (χ2v) is 9.84. The molecule has 0 bridgehead atoms. The summed E-state index contributed by atoms with van der Waals surface area (Å²) in [5, 5.41) is 14.5. The zero-order chi connectivity index (χ0) is 27.4. The van der Waals surface area contributed by atoms with Crippen LogP contribution in [-0.2, 0) is 21.9 Å². The van der Waals surface area contributed by atoms with Gasteiger partial charge < -0.3 is 10.1 Å². The maximum absolute atomic E-state index is 13.5. The molecule has 2 aliphatic rings. The number of nitro benzene ring substituents is 1. The van der Waals surface area contributed by atoms with Crippen LogP contribution in [0.25, 0.3) is 0 Å². The third kappa shape index (κ3) is 5.68. The van der Waals surface area contributed by atoms with E-state index in [0.29, 0.717) is 34.7 Å². The number of benzene rings is 3. The molecular weight excluding hydrogens is 518 g/mol. The molecule has 10 nitrogen and oxygen atoms in total. The molecule has 0 unspecified atom stereocenters. The molecule has 198 valence electrons. The van der Waals surface area contributed by atoms with E-state index in [1.54, 1.807) is 19.2 Å². The van der Waals surface area contributed by atoms with Crippen LogP contribution in [0.2, 0.25) is 0 Å².